The summed E-state index contributed by atoms with van der Waals surface area (Å²) in [4.78, 5) is 27.7. The van der Waals surface area contributed by atoms with Gasteiger partial charge in [0.2, 0.25) is 0 Å². The van der Waals surface area contributed by atoms with Crippen LogP contribution < -0.4 is 0 Å². The maximum absolute atomic E-state index is 13.9. The van der Waals surface area contributed by atoms with Crippen LogP contribution >= 0.6 is 15.9 Å². The summed E-state index contributed by atoms with van der Waals surface area (Å²) in [7, 11) is 1.67. The number of carbonyl (C=O) groups excluding carboxylic acids is 2. The van der Waals surface area contributed by atoms with E-state index >= 15 is 0 Å². The van der Waals surface area contributed by atoms with Crippen molar-refractivity contribution in [2.45, 2.75) is 45.3 Å². The number of benzene rings is 1. The number of halogens is 3. The molecule has 0 bridgehead atoms. The Kier molecular flexibility index (Phi) is 6.26. The second-order valence-corrected chi connectivity index (χ2v) is 8.22. The van der Waals surface area contributed by atoms with Crippen LogP contribution in [0.1, 0.15) is 44.0 Å². The summed E-state index contributed by atoms with van der Waals surface area (Å²) >= 11 is 2.97. The number of likely N-dealkylation sites (tertiary alicyclic amines) is 1. The van der Waals surface area contributed by atoms with E-state index in [1.807, 2.05) is 0 Å². The first-order chi connectivity index (χ1) is 12.0. The predicted molar refractivity (Wildman–Crippen MR) is 97.0 cm³/mol. The summed E-state index contributed by atoms with van der Waals surface area (Å²) in [6.45, 7) is 6.16. The van der Waals surface area contributed by atoms with Crippen molar-refractivity contribution in [1.29, 1.82) is 0 Å². The van der Waals surface area contributed by atoms with Crippen LogP contribution in [0.25, 0.3) is 0 Å². The van der Waals surface area contributed by atoms with Gasteiger partial charge in [-0.1, -0.05) is 0 Å². The molecule has 0 saturated carbocycles. The van der Waals surface area contributed by atoms with Gasteiger partial charge in [0.15, 0.2) is 0 Å². The Hall–Kier alpha value is -1.70. The van der Waals surface area contributed by atoms with Crippen molar-refractivity contribution in [3.8, 4) is 0 Å². The first kappa shape index (κ1) is 20.6. The Morgan fingerprint density at radius 1 is 1.19 bits per heavy atom. The fourth-order valence-corrected chi connectivity index (χ4v) is 3.14. The first-order valence-electron chi connectivity index (χ1n) is 8.39. The van der Waals surface area contributed by atoms with E-state index in [4.69, 9.17) is 4.74 Å². The molecule has 144 valence electrons. The zero-order valence-corrected chi connectivity index (χ0v) is 16.9. The van der Waals surface area contributed by atoms with Gasteiger partial charge in [-0.05, 0) is 55.6 Å². The van der Waals surface area contributed by atoms with Gasteiger partial charge in [-0.15, -0.1) is 0 Å². The third kappa shape index (κ3) is 4.93. The lowest BCUT2D eigenvalue weighted by Crippen LogP contribution is -2.48. The van der Waals surface area contributed by atoms with Crippen LogP contribution in [0.3, 0.4) is 0 Å². The van der Waals surface area contributed by atoms with Crippen LogP contribution in [-0.4, -0.2) is 53.6 Å². The Morgan fingerprint density at radius 3 is 2.31 bits per heavy atom. The van der Waals surface area contributed by atoms with Gasteiger partial charge in [-0.25, -0.2) is 13.6 Å². The molecule has 0 spiro atoms. The number of amides is 2. The summed E-state index contributed by atoms with van der Waals surface area (Å²) in [6.07, 6.45) is 0.715. The molecule has 2 amide bonds. The average molecular weight is 433 g/mol. The number of rotatable bonds is 2. The minimum atomic E-state index is -0.885. The first-order valence-corrected chi connectivity index (χ1v) is 9.18. The Labute approximate surface area is 160 Å². The second kappa shape index (κ2) is 7.90. The number of hydrogen-bond donors (Lipinski definition) is 0. The third-order valence-corrected chi connectivity index (χ3v) is 4.83. The summed E-state index contributed by atoms with van der Waals surface area (Å²) in [5, 5.41) is 0. The van der Waals surface area contributed by atoms with Crippen molar-refractivity contribution in [2.24, 2.45) is 0 Å². The van der Waals surface area contributed by atoms with Gasteiger partial charge in [-0.2, -0.15) is 0 Å². The van der Waals surface area contributed by atoms with E-state index < -0.39 is 29.2 Å². The molecule has 0 radical (unpaired) electrons. The van der Waals surface area contributed by atoms with E-state index in [2.05, 4.69) is 15.9 Å². The standard InChI is InChI=1S/C18H23BrF2N2O3/c1-18(2,3)26-17(25)22(4)11-5-7-23(8-6-11)16(24)12-9-13(19)15(21)10-14(12)20/h9-11H,5-8H2,1-4H3. The van der Waals surface area contributed by atoms with Gasteiger partial charge < -0.3 is 14.5 Å². The van der Waals surface area contributed by atoms with Crippen LogP contribution in [0.4, 0.5) is 13.6 Å². The number of carbonyl (C=O) groups is 2. The smallest absolute Gasteiger partial charge is 0.410 e. The minimum Gasteiger partial charge on any atom is -0.444 e. The van der Waals surface area contributed by atoms with Crippen molar-refractivity contribution in [3.63, 3.8) is 0 Å². The fraction of sp³-hybridized carbons (Fsp3) is 0.556. The monoisotopic (exact) mass is 432 g/mol. The Morgan fingerprint density at radius 2 is 1.77 bits per heavy atom. The molecule has 5 nitrogen and oxygen atoms in total. The molecule has 0 aromatic heterocycles. The van der Waals surface area contributed by atoms with E-state index in [0.29, 0.717) is 32.0 Å². The largest absolute Gasteiger partial charge is 0.444 e. The highest BCUT2D eigenvalue weighted by atomic mass is 79.9. The number of hydrogen-bond acceptors (Lipinski definition) is 3. The molecule has 0 atom stereocenters. The molecular weight excluding hydrogens is 410 g/mol. The molecule has 1 aromatic rings. The normalized spacial score (nSPS) is 15.7. The zero-order chi connectivity index (χ0) is 19.6. The molecule has 1 saturated heterocycles. The van der Waals surface area contributed by atoms with Gasteiger partial charge in [0.25, 0.3) is 5.91 Å². The molecule has 1 heterocycles. The van der Waals surface area contributed by atoms with Crippen molar-refractivity contribution in [1.82, 2.24) is 9.80 Å². The van der Waals surface area contributed by atoms with Gasteiger partial charge >= 0.3 is 6.09 Å². The van der Waals surface area contributed by atoms with Crippen molar-refractivity contribution >= 4 is 27.9 Å². The number of nitrogens with zero attached hydrogens (tertiary/aromatic N) is 2. The molecule has 1 aliphatic heterocycles. The van der Waals surface area contributed by atoms with Gasteiger partial charge in [0.05, 0.1) is 10.0 Å². The molecule has 8 heteroatoms. The van der Waals surface area contributed by atoms with Crippen LogP contribution in [0.15, 0.2) is 16.6 Å². The van der Waals surface area contributed by atoms with Gasteiger partial charge in [0.1, 0.15) is 17.2 Å². The Balaban J connectivity index is 1.99. The molecular formula is C18H23BrF2N2O3. The molecule has 0 N–H and O–H groups in total. The maximum atomic E-state index is 13.9. The molecule has 2 rings (SSSR count). The summed E-state index contributed by atoms with van der Waals surface area (Å²) in [6, 6.07) is 1.80. The zero-order valence-electron chi connectivity index (χ0n) is 15.3. The lowest BCUT2D eigenvalue weighted by molar-refractivity contribution is 0.0155. The van der Waals surface area contributed by atoms with Crippen molar-refractivity contribution in [3.05, 3.63) is 33.8 Å². The third-order valence-electron chi connectivity index (χ3n) is 4.22. The van der Waals surface area contributed by atoms with E-state index in [0.717, 1.165) is 6.07 Å². The maximum Gasteiger partial charge on any atom is 0.410 e. The highest BCUT2D eigenvalue weighted by Gasteiger charge is 2.31. The highest BCUT2D eigenvalue weighted by Crippen LogP contribution is 2.24. The SMILES string of the molecule is CN(C(=O)OC(C)(C)C)C1CCN(C(=O)c2cc(Br)c(F)cc2F)CC1. The fourth-order valence-electron chi connectivity index (χ4n) is 2.80. The van der Waals surface area contributed by atoms with E-state index in [1.165, 1.54) is 4.90 Å². The van der Waals surface area contributed by atoms with Crippen LogP contribution in [0.2, 0.25) is 0 Å². The van der Waals surface area contributed by atoms with E-state index in [9.17, 15) is 18.4 Å². The van der Waals surface area contributed by atoms with Crippen molar-refractivity contribution in [2.75, 3.05) is 20.1 Å². The molecule has 0 unspecified atom stereocenters. The number of piperidine rings is 1. The summed E-state index contributed by atoms with van der Waals surface area (Å²) in [5.74, 6) is -2.12. The summed E-state index contributed by atoms with van der Waals surface area (Å²) < 4.78 is 32.7. The van der Waals surface area contributed by atoms with Crippen molar-refractivity contribution < 1.29 is 23.1 Å². The molecule has 26 heavy (non-hydrogen) atoms. The molecule has 0 aliphatic carbocycles. The topological polar surface area (TPSA) is 49.9 Å². The second-order valence-electron chi connectivity index (χ2n) is 7.36. The van der Waals surface area contributed by atoms with E-state index in [-0.39, 0.29) is 16.1 Å². The highest BCUT2D eigenvalue weighted by molar-refractivity contribution is 9.10. The molecule has 1 aromatic carbocycles. The molecule has 1 aliphatic rings. The van der Waals surface area contributed by atoms with Gasteiger partial charge in [-0.3, -0.25) is 4.79 Å². The van der Waals surface area contributed by atoms with Crippen LogP contribution in [0, 0.1) is 11.6 Å². The predicted octanol–water partition coefficient (Wildman–Crippen LogP) is 4.20. The van der Waals surface area contributed by atoms with Gasteiger partial charge in [0, 0.05) is 32.2 Å². The molecule has 1 fully saturated rings. The quantitative estimate of drug-likeness (QED) is 0.657. The summed E-state index contributed by atoms with van der Waals surface area (Å²) in [5.41, 5.74) is -0.743. The van der Waals surface area contributed by atoms with Crippen LogP contribution in [0.5, 0.6) is 0 Å². The number of ether oxygens (including phenoxy) is 1. The lowest BCUT2D eigenvalue weighted by Gasteiger charge is -2.37. The lowest BCUT2D eigenvalue weighted by atomic mass is 10.0. The minimum absolute atomic E-state index is 0.0433. The van der Waals surface area contributed by atoms with Crippen LogP contribution in [-0.2, 0) is 4.74 Å². The van der Waals surface area contributed by atoms with E-state index in [1.54, 1.807) is 32.7 Å². The Bertz CT molecular complexity index is 698. The average Bonchev–Trinajstić information content (AvgIpc) is 2.55.